The SMILES string of the molecule is CCCNC(c1ccnn1C)C1CCc2cccnc21. The number of pyridine rings is 1. The Bertz CT molecular complexity index is 575. The van der Waals surface area contributed by atoms with Crippen molar-refractivity contribution in [2.24, 2.45) is 7.05 Å². The Morgan fingerprint density at radius 3 is 3.05 bits per heavy atom. The van der Waals surface area contributed by atoms with Gasteiger partial charge in [0.2, 0.25) is 0 Å². The molecule has 0 amide bonds. The molecule has 1 N–H and O–H groups in total. The molecule has 2 unspecified atom stereocenters. The molecule has 1 aliphatic carbocycles. The van der Waals surface area contributed by atoms with Crippen LogP contribution in [0.3, 0.4) is 0 Å². The topological polar surface area (TPSA) is 42.7 Å². The van der Waals surface area contributed by atoms with E-state index in [1.165, 1.54) is 23.4 Å². The van der Waals surface area contributed by atoms with Crippen molar-refractivity contribution in [3.8, 4) is 0 Å². The lowest BCUT2D eigenvalue weighted by atomic mass is 9.94. The van der Waals surface area contributed by atoms with Crippen LogP contribution in [0.15, 0.2) is 30.6 Å². The van der Waals surface area contributed by atoms with Gasteiger partial charge in [-0.2, -0.15) is 5.10 Å². The summed E-state index contributed by atoms with van der Waals surface area (Å²) in [6.45, 7) is 3.22. The maximum Gasteiger partial charge on any atom is 0.0576 e. The first kappa shape index (κ1) is 13.3. The van der Waals surface area contributed by atoms with Crippen LogP contribution >= 0.6 is 0 Å². The van der Waals surface area contributed by atoms with Gasteiger partial charge in [0.1, 0.15) is 0 Å². The molecule has 0 bridgehead atoms. The van der Waals surface area contributed by atoms with E-state index in [-0.39, 0.29) is 0 Å². The van der Waals surface area contributed by atoms with Crippen molar-refractivity contribution < 1.29 is 0 Å². The van der Waals surface area contributed by atoms with E-state index < -0.39 is 0 Å². The summed E-state index contributed by atoms with van der Waals surface area (Å²) >= 11 is 0. The Kier molecular flexibility index (Phi) is 3.83. The van der Waals surface area contributed by atoms with E-state index in [1.54, 1.807) is 0 Å². The van der Waals surface area contributed by atoms with E-state index >= 15 is 0 Å². The molecule has 20 heavy (non-hydrogen) atoms. The first-order chi connectivity index (χ1) is 9.81. The van der Waals surface area contributed by atoms with Crippen LogP contribution in [0.25, 0.3) is 0 Å². The minimum Gasteiger partial charge on any atom is -0.308 e. The molecule has 2 heterocycles. The van der Waals surface area contributed by atoms with Crippen LogP contribution in [0.4, 0.5) is 0 Å². The van der Waals surface area contributed by atoms with Gasteiger partial charge in [-0.1, -0.05) is 13.0 Å². The standard InChI is InChI=1S/C16H22N4/c1-3-9-17-16(14-8-11-19-20(14)2)13-7-6-12-5-4-10-18-15(12)13/h4-5,8,10-11,13,16-17H,3,6-7,9H2,1-2H3. The molecule has 2 atom stereocenters. The van der Waals surface area contributed by atoms with E-state index in [0.717, 1.165) is 19.4 Å². The van der Waals surface area contributed by atoms with Crippen molar-refractivity contribution >= 4 is 0 Å². The second-order valence-corrected chi connectivity index (χ2v) is 5.50. The quantitative estimate of drug-likeness (QED) is 0.908. The van der Waals surface area contributed by atoms with Crippen molar-refractivity contribution in [3.05, 3.63) is 47.5 Å². The fourth-order valence-corrected chi connectivity index (χ4v) is 3.21. The number of hydrogen-bond donors (Lipinski definition) is 1. The molecule has 0 saturated carbocycles. The molecule has 0 saturated heterocycles. The van der Waals surface area contributed by atoms with E-state index in [2.05, 4.69) is 34.5 Å². The first-order valence-corrected chi connectivity index (χ1v) is 7.46. The monoisotopic (exact) mass is 270 g/mol. The Balaban J connectivity index is 1.93. The van der Waals surface area contributed by atoms with Crippen molar-refractivity contribution in [1.29, 1.82) is 0 Å². The number of hydrogen-bond acceptors (Lipinski definition) is 3. The summed E-state index contributed by atoms with van der Waals surface area (Å²) in [4.78, 5) is 4.64. The van der Waals surface area contributed by atoms with Crippen LogP contribution in [-0.4, -0.2) is 21.3 Å². The molecule has 0 spiro atoms. The summed E-state index contributed by atoms with van der Waals surface area (Å²) in [5.74, 6) is 0.452. The van der Waals surface area contributed by atoms with Crippen molar-refractivity contribution in [2.45, 2.75) is 38.1 Å². The van der Waals surface area contributed by atoms with Crippen molar-refractivity contribution in [3.63, 3.8) is 0 Å². The molecular weight excluding hydrogens is 248 g/mol. The molecule has 4 heteroatoms. The average Bonchev–Trinajstić information content (AvgIpc) is 3.07. The van der Waals surface area contributed by atoms with Gasteiger partial charge in [0.25, 0.3) is 0 Å². The highest BCUT2D eigenvalue weighted by molar-refractivity contribution is 5.31. The van der Waals surface area contributed by atoms with E-state index in [0.29, 0.717) is 12.0 Å². The average molecular weight is 270 g/mol. The summed E-state index contributed by atoms with van der Waals surface area (Å²) < 4.78 is 1.98. The second kappa shape index (κ2) is 5.75. The van der Waals surface area contributed by atoms with Crippen LogP contribution in [0.1, 0.15) is 48.7 Å². The number of aryl methyl sites for hydroxylation is 2. The number of nitrogens with zero attached hydrogens (tertiary/aromatic N) is 3. The van der Waals surface area contributed by atoms with Crippen LogP contribution in [0, 0.1) is 0 Å². The molecule has 1 aliphatic rings. The lowest BCUT2D eigenvalue weighted by Gasteiger charge is -2.25. The highest BCUT2D eigenvalue weighted by Crippen LogP contribution is 2.40. The Labute approximate surface area is 120 Å². The van der Waals surface area contributed by atoms with Gasteiger partial charge in [0, 0.05) is 31.1 Å². The fraction of sp³-hybridized carbons (Fsp3) is 0.500. The summed E-state index contributed by atoms with van der Waals surface area (Å²) in [6, 6.07) is 6.68. The fourth-order valence-electron chi connectivity index (χ4n) is 3.21. The van der Waals surface area contributed by atoms with E-state index in [4.69, 9.17) is 0 Å². The number of aromatic nitrogens is 3. The minimum absolute atomic E-state index is 0.304. The van der Waals surface area contributed by atoms with Gasteiger partial charge in [-0.15, -0.1) is 0 Å². The summed E-state index contributed by atoms with van der Waals surface area (Å²) in [5, 5.41) is 8.02. The Hall–Kier alpha value is -1.68. The number of nitrogens with one attached hydrogen (secondary N) is 1. The summed E-state index contributed by atoms with van der Waals surface area (Å²) in [5.41, 5.74) is 3.92. The first-order valence-electron chi connectivity index (χ1n) is 7.46. The molecule has 4 nitrogen and oxygen atoms in total. The third-order valence-corrected chi connectivity index (χ3v) is 4.20. The van der Waals surface area contributed by atoms with Gasteiger partial charge in [-0.25, -0.2) is 0 Å². The normalized spacial score (nSPS) is 19.0. The largest absolute Gasteiger partial charge is 0.308 e. The molecule has 3 rings (SSSR count). The third-order valence-electron chi connectivity index (χ3n) is 4.20. The van der Waals surface area contributed by atoms with Gasteiger partial charge >= 0.3 is 0 Å². The number of fused-ring (bicyclic) bond motifs is 1. The number of rotatable bonds is 5. The van der Waals surface area contributed by atoms with Gasteiger partial charge in [-0.3, -0.25) is 9.67 Å². The lowest BCUT2D eigenvalue weighted by Crippen LogP contribution is -2.29. The zero-order chi connectivity index (χ0) is 13.9. The van der Waals surface area contributed by atoms with Gasteiger partial charge in [-0.05, 0) is 43.5 Å². The predicted octanol–water partition coefficient (Wildman–Crippen LogP) is 2.59. The van der Waals surface area contributed by atoms with Gasteiger partial charge in [0.15, 0.2) is 0 Å². The maximum absolute atomic E-state index is 4.64. The van der Waals surface area contributed by atoms with Crippen molar-refractivity contribution in [2.75, 3.05) is 6.54 Å². The molecule has 0 aromatic carbocycles. The molecule has 106 valence electrons. The van der Waals surface area contributed by atoms with Crippen LogP contribution in [-0.2, 0) is 13.5 Å². The molecule has 0 radical (unpaired) electrons. The highest BCUT2D eigenvalue weighted by atomic mass is 15.3. The summed E-state index contributed by atoms with van der Waals surface area (Å²) in [7, 11) is 2.02. The van der Waals surface area contributed by atoms with Gasteiger partial charge in [0.05, 0.1) is 11.7 Å². The molecular formula is C16H22N4. The minimum atomic E-state index is 0.304. The predicted molar refractivity (Wildman–Crippen MR) is 79.5 cm³/mol. The van der Waals surface area contributed by atoms with E-state index in [9.17, 15) is 0 Å². The highest BCUT2D eigenvalue weighted by Gasteiger charge is 2.32. The smallest absolute Gasteiger partial charge is 0.0576 e. The van der Waals surface area contributed by atoms with Gasteiger partial charge < -0.3 is 5.32 Å². The Morgan fingerprint density at radius 1 is 1.40 bits per heavy atom. The Morgan fingerprint density at radius 2 is 2.30 bits per heavy atom. The lowest BCUT2D eigenvalue weighted by molar-refractivity contribution is 0.414. The van der Waals surface area contributed by atoms with Crippen LogP contribution in [0.5, 0.6) is 0 Å². The zero-order valence-electron chi connectivity index (χ0n) is 12.2. The van der Waals surface area contributed by atoms with Crippen molar-refractivity contribution in [1.82, 2.24) is 20.1 Å². The molecule has 0 aliphatic heterocycles. The maximum atomic E-state index is 4.64. The molecule has 0 fully saturated rings. The molecule has 2 aromatic rings. The van der Waals surface area contributed by atoms with Crippen LogP contribution < -0.4 is 5.32 Å². The zero-order valence-corrected chi connectivity index (χ0v) is 12.2. The third kappa shape index (κ3) is 2.36. The summed E-state index contributed by atoms with van der Waals surface area (Å²) in [6.07, 6.45) is 7.23. The second-order valence-electron chi connectivity index (χ2n) is 5.50. The van der Waals surface area contributed by atoms with E-state index in [1.807, 2.05) is 30.2 Å². The van der Waals surface area contributed by atoms with Crippen LogP contribution in [0.2, 0.25) is 0 Å². The molecule has 2 aromatic heterocycles.